The van der Waals surface area contributed by atoms with Crippen molar-refractivity contribution in [3.8, 4) is 5.75 Å². The molecule has 0 saturated carbocycles. The number of imidazole rings is 1. The number of aromatic amines is 1. The number of pyridine rings is 2. The average molecular weight is 437 g/mol. The van der Waals surface area contributed by atoms with Crippen LogP contribution in [0.4, 0.5) is 0 Å². The minimum absolute atomic E-state index is 0.654. The summed E-state index contributed by atoms with van der Waals surface area (Å²) in [6, 6.07) is 14.3. The quantitative estimate of drug-likeness (QED) is 0.447. The van der Waals surface area contributed by atoms with Gasteiger partial charge >= 0.3 is 0 Å². The van der Waals surface area contributed by atoms with E-state index in [1.807, 2.05) is 25.3 Å². The van der Waals surface area contributed by atoms with Gasteiger partial charge in [0.1, 0.15) is 17.1 Å². The minimum atomic E-state index is 0.654. The number of benzene rings is 1. The molecule has 0 aliphatic carbocycles. The molecule has 1 N–H and O–H groups in total. The zero-order valence-electron chi connectivity index (χ0n) is 15.7. The molecule has 28 heavy (non-hydrogen) atoms. The predicted molar refractivity (Wildman–Crippen MR) is 114 cm³/mol. The summed E-state index contributed by atoms with van der Waals surface area (Å²) in [7, 11) is 0. The molecule has 0 aliphatic rings. The van der Waals surface area contributed by atoms with Crippen molar-refractivity contribution in [2.45, 2.75) is 26.2 Å². The Morgan fingerprint density at radius 2 is 1.86 bits per heavy atom. The first-order chi connectivity index (χ1) is 13.7. The minimum Gasteiger partial charge on any atom is -0.494 e. The molecule has 1 aromatic carbocycles. The van der Waals surface area contributed by atoms with E-state index in [9.17, 15) is 0 Å². The number of nitrogens with zero attached hydrogens (tertiary/aromatic N) is 3. The molecule has 142 valence electrons. The Labute approximate surface area is 172 Å². The van der Waals surface area contributed by atoms with E-state index >= 15 is 0 Å². The summed E-state index contributed by atoms with van der Waals surface area (Å²) in [6.45, 7) is 2.63. The third-order valence-electron chi connectivity index (χ3n) is 4.48. The van der Waals surface area contributed by atoms with Gasteiger partial charge in [-0.1, -0.05) is 28.1 Å². The molecule has 0 radical (unpaired) electrons. The lowest BCUT2D eigenvalue weighted by Gasteiger charge is -2.04. The van der Waals surface area contributed by atoms with Crippen LogP contribution in [-0.4, -0.2) is 26.5 Å². The highest BCUT2D eigenvalue weighted by Gasteiger charge is 2.07. The van der Waals surface area contributed by atoms with E-state index in [1.165, 1.54) is 5.56 Å². The number of nitrogens with one attached hydrogen (secondary N) is 1. The molecule has 0 amide bonds. The zero-order valence-corrected chi connectivity index (χ0v) is 17.2. The first-order valence-electron chi connectivity index (χ1n) is 9.35. The highest BCUT2D eigenvalue weighted by Crippen LogP contribution is 2.18. The molecule has 3 aromatic heterocycles. The maximum Gasteiger partial charge on any atom is 0.157 e. The van der Waals surface area contributed by atoms with Crippen molar-refractivity contribution in [3.63, 3.8) is 0 Å². The summed E-state index contributed by atoms with van der Waals surface area (Å²) in [5, 5.41) is 0. The van der Waals surface area contributed by atoms with Crippen LogP contribution in [0, 0.1) is 0 Å². The second kappa shape index (κ2) is 8.52. The topological polar surface area (TPSA) is 63.7 Å². The van der Waals surface area contributed by atoms with Gasteiger partial charge in [-0.2, -0.15) is 0 Å². The van der Waals surface area contributed by atoms with Crippen molar-refractivity contribution < 1.29 is 4.74 Å². The third kappa shape index (κ3) is 4.57. The molecule has 0 spiro atoms. The van der Waals surface area contributed by atoms with Crippen LogP contribution in [0.3, 0.4) is 0 Å². The Hall–Kier alpha value is -2.73. The smallest absolute Gasteiger partial charge is 0.157 e. The van der Waals surface area contributed by atoms with Gasteiger partial charge in [0.15, 0.2) is 5.65 Å². The number of ether oxygens (including phenoxy) is 1. The summed E-state index contributed by atoms with van der Waals surface area (Å²) < 4.78 is 6.63. The molecule has 0 aliphatic heterocycles. The number of fused-ring (bicyclic) bond motifs is 1. The predicted octanol–water partition coefficient (Wildman–Crippen LogP) is 4.89. The molecule has 0 atom stereocenters. The van der Waals surface area contributed by atoms with Gasteiger partial charge in [0.2, 0.25) is 0 Å². The standard InChI is InChI=1S/C22H21BrN4O/c1-2-28-19-9-10-24-18(13-19)7-8-21-26-20-12-16(14-25-22(20)27-21)11-15-3-5-17(23)6-4-15/h3-6,9-10,12-14H,2,7-8,11H2,1H3,(H,25,26,27). The highest BCUT2D eigenvalue weighted by molar-refractivity contribution is 9.10. The normalized spacial score (nSPS) is 11.1. The molecule has 0 unspecified atom stereocenters. The Balaban J connectivity index is 1.45. The summed E-state index contributed by atoms with van der Waals surface area (Å²) >= 11 is 3.47. The second-order valence-electron chi connectivity index (χ2n) is 6.61. The molecule has 3 heterocycles. The van der Waals surface area contributed by atoms with Crippen molar-refractivity contribution in [1.29, 1.82) is 0 Å². The first kappa shape index (κ1) is 18.6. The summed E-state index contributed by atoms with van der Waals surface area (Å²) in [5.41, 5.74) is 5.13. The highest BCUT2D eigenvalue weighted by atomic mass is 79.9. The fourth-order valence-corrected chi connectivity index (χ4v) is 3.40. The Kier molecular flexibility index (Phi) is 5.67. The van der Waals surface area contributed by atoms with Crippen LogP contribution >= 0.6 is 15.9 Å². The van der Waals surface area contributed by atoms with E-state index in [-0.39, 0.29) is 0 Å². The lowest BCUT2D eigenvalue weighted by Crippen LogP contribution is -1.98. The number of rotatable bonds is 7. The van der Waals surface area contributed by atoms with Crippen LogP contribution in [0.1, 0.15) is 29.6 Å². The third-order valence-corrected chi connectivity index (χ3v) is 5.01. The van der Waals surface area contributed by atoms with Crippen LogP contribution < -0.4 is 4.74 Å². The monoisotopic (exact) mass is 436 g/mol. The molecule has 4 rings (SSSR count). The SMILES string of the molecule is CCOc1ccnc(CCc2nc3cc(Cc4ccc(Br)cc4)cnc3[nH]2)c1. The van der Waals surface area contributed by atoms with Crippen LogP contribution in [-0.2, 0) is 19.3 Å². The van der Waals surface area contributed by atoms with Crippen molar-refractivity contribution in [3.05, 3.63) is 82.0 Å². The van der Waals surface area contributed by atoms with E-state index in [1.54, 1.807) is 6.20 Å². The van der Waals surface area contributed by atoms with Gasteiger partial charge in [0, 0.05) is 35.0 Å². The van der Waals surface area contributed by atoms with Crippen molar-refractivity contribution in [2.75, 3.05) is 6.61 Å². The van der Waals surface area contributed by atoms with E-state index < -0.39 is 0 Å². The lowest BCUT2D eigenvalue weighted by molar-refractivity contribution is 0.339. The number of halogens is 1. The van der Waals surface area contributed by atoms with Crippen LogP contribution in [0.5, 0.6) is 5.75 Å². The van der Waals surface area contributed by atoms with E-state index in [0.717, 1.165) is 57.7 Å². The molecular weight excluding hydrogens is 416 g/mol. The number of H-pyrrole nitrogens is 1. The van der Waals surface area contributed by atoms with Gasteiger partial charge in [-0.05, 0) is 55.2 Å². The Morgan fingerprint density at radius 3 is 2.68 bits per heavy atom. The lowest BCUT2D eigenvalue weighted by atomic mass is 10.1. The molecule has 6 heteroatoms. The molecular formula is C22H21BrN4O. The van der Waals surface area contributed by atoms with Crippen molar-refractivity contribution >= 4 is 27.1 Å². The second-order valence-corrected chi connectivity index (χ2v) is 7.53. The van der Waals surface area contributed by atoms with E-state index in [0.29, 0.717) is 6.61 Å². The summed E-state index contributed by atoms with van der Waals surface area (Å²) in [5.74, 6) is 1.78. The molecule has 0 fully saturated rings. The first-order valence-corrected chi connectivity index (χ1v) is 10.1. The Morgan fingerprint density at radius 1 is 1.00 bits per heavy atom. The van der Waals surface area contributed by atoms with Gasteiger partial charge in [-0.15, -0.1) is 0 Å². The van der Waals surface area contributed by atoms with Gasteiger partial charge in [-0.25, -0.2) is 9.97 Å². The van der Waals surface area contributed by atoms with E-state index in [2.05, 4.69) is 61.2 Å². The summed E-state index contributed by atoms with van der Waals surface area (Å²) in [4.78, 5) is 17.0. The number of hydrogen-bond donors (Lipinski definition) is 1. The summed E-state index contributed by atoms with van der Waals surface area (Å²) in [6.07, 6.45) is 6.12. The average Bonchev–Trinajstić information content (AvgIpc) is 3.11. The fraction of sp³-hybridized carbons (Fsp3) is 0.227. The fourth-order valence-electron chi connectivity index (χ4n) is 3.14. The maximum atomic E-state index is 5.54. The van der Waals surface area contributed by atoms with Gasteiger partial charge in [0.25, 0.3) is 0 Å². The molecule has 0 bridgehead atoms. The number of aromatic nitrogens is 4. The Bertz CT molecular complexity index is 1080. The van der Waals surface area contributed by atoms with Crippen LogP contribution in [0.15, 0.2) is 59.3 Å². The van der Waals surface area contributed by atoms with E-state index in [4.69, 9.17) is 9.72 Å². The largest absolute Gasteiger partial charge is 0.494 e. The van der Waals surface area contributed by atoms with Gasteiger partial charge in [-0.3, -0.25) is 4.98 Å². The number of hydrogen-bond acceptors (Lipinski definition) is 4. The van der Waals surface area contributed by atoms with Gasteiger partial charge < -0.3 is 9.72 Å². The molecule has 5 nitrogen and oxygen atoms in total. The molecule has 4 aromatic rings. The van der Waals surface area contributed by atoms with Crippen LogP contribution in [0.2, 0.25) is 0 Å². The van der Waals surface area contributed by atoms with Crippen LogP contribution in [0.25, 0.3) is 11.2 Å². The van der Waals surface area contributed by atoms with Crippen molar-refractivity contribution in [1.82, 2.24) is 19.9 Å². The van der Waals surface area contributed by atoms with Gasteiger partial charge in [0.05, 0.1) is 6.61 Å². The molecule has 0 saturated heterocycles. The van der Waals surface area contributed by atoms with Crippen molar-refractivity contribution in [2.24, 2.45) is 0 Å². The number of aryl methyl sites for hydroxylation is 2. The zero-order chi connectivity index (χ0) is 19.3. The maximum absolute atomic E-state index is 5.54.